The summed E-state index contributed by atoms with van der Waals surface area (Å²) in [5.74, 6) is 0. The van der Waals surface area contributed by atoms with Gasteiger partial charge in [0.1, 0.15) is 0 Å². The Kier molecular flexibility index (Phi) is 4.77. The second-order valence-electron chi connectivity index (χ2n) is 5.08. The van der Waals surface area contributed by atoms with E-state index >= 15 is 0 Å². The summed E-state index contributed by atoms with van der Waals surface area (Å²) in [4.78, 5) is 0.195. The van der Waals surface area contributed by atoms with Crippen molar-refractivity contribution >= 4 is 10.0 Å². The predicted molar refractivity (Wildman–Crippen MR) is 82.4 cm³/mol. The van der Waals surface area contributed by atoms with Crippen molar-refractivity contribution in [2.75, 3.05) is 0 Å². The number of nitrogens with one attached hydrogen (secondary N) is 1. The summed E-state index contributed by atoms with van der Waals surface area (Å²) in [5, 5.41) is 10.2. The fourth-order valence-corrected chi connectivity index (χ4v) is 3.28. The van der Waals surface area contributed by atoms with E-state index < -0.39 is 22.2 Å². The van der Waals surface area contributed by atoms with Crippen molar-refractivity contribution in [3.8, 4) is 0 Å². The molecule has 2 rings (SSSR count). The summed E-state index contributed by atoms with van der Waals surface area (Å²) >= 11 is 0. The van der Waals surface area contributed by atoms with E-state index in [2.05, 4.69) is 4.72 Å². The minimum Gasteiger partial charge on any atom is -0.387 e. The van der Waals surface area contributed by atoms with Gasteiger partial charge in [-0.25, -0.2) is 13.1 Å². The van der Waals surface area contributed by atoms with Gasteiger partial charge >= 0.3 is 0 Å². The highest BCUT2D eigenvalue weighted by atomic mass is 32.2. The number of benzene rings is 2. The average Bonchev–Trinajstić information content (AvgIpc) is 2.47. The maximum Gasteiger partial charge on any atom is 0.240 e. The SMILES string of the molecule is Cc1ccc(S(=O)(=O)N[C@H](C)[C@@H](O)c2ccccc2)cc1. The Morgan fingerprint density at radius 2 is 1.57 bits per heavy atom. The molecular weight excluding hydrogens is 286 g/mol. The van der Waals surface area contributed by atoms with Crippen LogP contribution in [0.4, 0.5) is 0 Å². The molecule has 0 aliphatic rings. The van der Waals surface area contributed by atoms with Crippen LogP contribution in [0, 0.1) is 6.92 Å². The van der Waals surface area contributed by atoms with Gasteiger partial charge in [-0.2, -0.15) is 0 Å². The van der Waals surface area contributed by atoms with Crippen LogP contribution in [-0.2, 0) is 10.0 Å². The van der Waals surface area contributed by atoms with E-state index in [9.17, 15) is 13.5 Å². The quantitative estimate of drug-likeness (QED) is 0.891. The highest BCUT2D eigenvalue weighted by molar-refractivity contribution is 7.89. The fraction of sp³-hybridized carbons (Fsp3) is 0.250. The summed E-state index contributed by atoms with van der Waals surface area (Å²) in [7, 11) is -3.64. The van der Waals surface area contributed by atoms with Crippen LogP contribution in [-0.4, -0.2) is 19.6 Å². The molecule has 2 N–H and O–H groups in total. The molecule has 2 aromatic carbocycles. The third kappa shape index (κ3) is 3.91. The lowest BCUT2D eigenvalue weighted by Gasteiger charge is -2.20. The van der Waals surface area contributed by atoms with Crippen molar-refractivity contribution in [1.82, 2.24) is 4.72 Å². The minimum absolute atomic E-state index is 0.195. The molecule has 0 aromatic heterocycles. The van der Waals surface area contributed by atoms with Crippen LogP contribution in [0.1, 0.15) is 24.2 Å². The van der Waals surface area contributed by atoms with E-state index in [-0.39, 0.29) is 4.90 Å². The normalized spacial score (nSPS) is 14.6. The van der Waals surface area contributed by atoms with Crippen LogP contribution in [0.15, 0.2) is 59.5 Å². The van der Waals surface area contributed by atoms with Gasteiger partial charge in [-0.1, -0.05) is 48.0 Å². The Labute approximate surface area is 125 Å². The van der Waals surface area contributed by atoms with Crippen molar-refractivity contribution < 1.29 is 13.5 Å². The number of rotatable bonds is 5. The molecule has 112 valence electrons. The fourth-order valence-electron chi connectivity index (χ4n) is 2.03. The van der Waals surface area contributed by atoms with Crippen LogP contribution in [0.5, 0.6) is 0 Å². The highest BCUT2D eigenvalue weighted by Gasteiger charge is 2.23. The molecule has 0 aliphatic heterocycles. The van der Waals surface area contributed by atoms with E-state index in [1.54, 1.807) is 55.5 Å². The lowest BCUT2D eigenvalue weighted by Crippen LogP contribution is -2.37. The monoisotopic (exact) mass is 305 g/mol. The summed E-state index contributed by atoms with van der Waals surface area (Å²) in [6, 6.07) is 15.0. The third-order valence-electron chi connectivity index (χ3n) is 3.29. The number of aliphatic hydroxyl groups excluding tert-OH is 1. The molecule has 2 aromatic rings. The zero-order chi connectivity index (χ0) is 15.5. The van der Waals surface area contributed by atoms with Gasteiger partial charge in [-0.05, 0) is 31.5 Å². The van der Waals surface area contributed by atoms with Gasteiger partial charge in [-0.15, -0.1) is 0 Å². The van der Waals surface area contributed by atoms with Crippen LogP contribution < -0.4 is 4.72 Å². The maximum absolute atomic E-state index is 12.3. The molecule has 0 radical (unpaired) electrons. The van der Waals surface area contributed by atoms with Gasteiger partial charge in [0.25, 0.3) is 0 Å². The molecule has 0 bridgehead atoms. The standard InChI is InChI=1S/C16H19NO3S/c1-12-8-10-15(11-9-12)21(19,20)17-13(2)16(18)14-6-4-3-5-7-14/h3-11,13,16-18H,1-2H3/t13-,16-/m1/s1. The smallest absolute Gasteiger partial charge is 0.240 e. The molecule has 21 heavy (non-hydrogen) atoms. The first-order chi connectivity index (χ1) is 9.90. The van der Waals surface area contributed by atoms with Gasteiger partial charge in [0.15, 0.2) is 0 Å². The van der Waals surface area contributed by atoms with E-state index in [1.807, 2.05) is 13.0 Å². The van der Waals surface area contributed by atoms with E-state index in [4.69, 9.17) is 0 Å². The van der Waals surface area contributed by atoms with Crippen molar-refractivity contribution in [3.05, 3.63) is 65.7 Å². The third-order valence-corrected chi connectivity index (χ3v) is 4.86. The molecule has 0 saturated carbocycles. The summed E-state index contributed by atoms with van der Waals surface area (Å²) in [6.45, 7) is 3.54. The second kappa shape index (κ2) is 6.39. The minimum atomic E-state index is -3.64. The topological polar surface area (TPSA) is 66.4 Å². The van der Waals surface area contributed by atoms with Crippen molar-refractivity contribution in [3.63, 3.8) is 0 Å². The van der Waals surface area contributed by atoms with Crippen LogP contribution in [0.3, 0.4) is 0 Å². The molecule has 0 aliphatic carbocycles. The zero-order valence-electron chi connectivity index (χ0n) is 12.0. The first-order valence-electron chi connectivity index (χ1n) is 6.72. The Bertz CT molecular complexity index is 681. The van der Waals surface area contributed by atoms with Crippen molar-refractivity contribution in [2.45, 2.75) is 30.9 Å². The van der Waals surface area contributed by atoms with E-state index in [1.165, 1.54) is 0 Å². The lowest BCUT2D eigenvalue weighted by atomic mass is 10.0. The molecule has 0 saturated heterocycles. The molecule has 5 heteroatoms. The Balaban J connectivity index is 2.14. The van der Waals surface area contributed by atoms with Gasteiger partial charge in [0, 0.05) is 6.04 Å². The van der Waals surface area contributed by atoms with Gasteiger partial charge in [0.05, 0.1) is 11.0 Å². The molecule has 0 heterocycles. The molecular formula is C16H19NO3S. The molecule has 0 amide bonds. The second-order valence-corrected chi connectivity index (χ2v) is 6.79. The molecule has 4 nitrogen and oxygen atoms in total. The number of aryl methyl sites for hydroxylation is 1. The summed E-state index contributed by atoms with van der Waals surface area (Å²) in [6.07, 6.45) is -0.897. The van der Waals surface area contributed by atoms with Crippen LogP contribution >= 0.6 is 0 Å². The van der Waals surface area contributed by atoms with Crippen molar-refractivity contribution in [2.24, 2.45) is 0 Å². The number of hydrogen-bond acceptors (Lipinski definition) is 3. The molecule has 0 unspecified atom stereocenters. The predicted octanol–water partition coefficient (Wildman–Crippen LogP) is 2.40. The first-order valence-corrected chi connectivity index (χ1v) is 8.20. The highest BCUT2D eigenvalue weighted by Crippen LogP contribution is 2.18. The van der Waals surface area contributed by atoms with Gasteiger partial charge in [0.2, 0.25) is 10.0 Å². The van der Waals surface area contributed by atoms with Crippen LogP contribution in [0.2, 0.25) is 0 Å². The Morgan fingerprint density at radius 1 is 1.00 bits per heavy atom. The zero-order valence-corrected chi connectivity index (χ0v) is 12.8. The Hall–Kier alpha value is -1.69. The summed E-state index contributed by atoms with van der Waals surface area (Å²) in [5.41, 5.74) is 1.67. The lowest BCUT2D eigenvalue weighted by molar-refractivity contribution is 0.146. The number of aliphatic hydroxyl groups is 1. The van der Waals surface area contributed by atoms with Gasteiger partial charge < -0.3 is 5.11 Å². The maximum atomic E-state index is 12.3. The largest absolute Gasteiger partial charge is 0.387 e. The van der Waals surface area contributed by atoms with E-state index in [0.717, 1.165) is 5.56 Å². The van der Waals surface area contributed by atoms with Gasteiger partial charge in [-0.3, -0.25) is 0 Å². The molecule has 0 spiro atoms. The van der Waals surface area contributed by atoms with E-state index in [0.29, 0.717) is 5.56 Å². The molecule has 0 fully saturated rings. The number of sulfonamides is 1. The van der Waals surface area contributed by atoms with Crippen LogP contribution in [0.25, 0.3) is 0 Å². The average molecular weight is 305 g/mol. The molecule has 2 atom stereocenters. The Morgan fingerprint density at radius 3 is 2.14 bits per heavy atom. The first kappa shape index (κ1) is 15.7. The summed E-state index contributed by atoms with van der Waals surface area (Å²) < 4.78 is 27.0. The number of hydrogen-bond donors (Lipinski definition) is 2. The van der Waals surface area contributed by atoms with Crippen molar-refractivity contribution in [1.29, 1.82) is 0 Å².